The van der Waals surface area contributed by atoms with E-state index in [1.165, 1.54) is 4.90 Å². The smallest absolute Gasteiger partial charge is 0.411 e. The monoisotopic (exact) mass is 358 g/mol. The van der Waals surface area contributed by atoms with E-state index in [0.717, 1.165) is 10.9 Å². The Bertz CT molecular complexity index is 825. The highest BCUT2D eigenvalue weighted by Crippen LogP contribution is 2.29. The lowest BCUT2D eigenvalue weighted by Gasteiger charge is -2.26. The van der Waals surface area contributed by atoms with Crippen LogP contribution in [-0.4, -0.2) is 51.3 Å². The van der Waals surface area contributed by atoms with Crippen LogP contribution in [0.25, 0.3) is 10.9 Å². The number of aromatic nitrogens is 1. The van der Waals surface area contributed by atoms with Crippen molar-refractivity contribution in [2.45, 2.75) is 44.9 Å². The van der Waals surface area contributed by atoms with E-state index < -0.39 is 29.8 Å². The lowest BCUT2D eigenvalue weighted by molar-refractivity contribution is -0.142. The maximum absolute atomic E-state index is 12.4. The van der Waals surface area contributed by atoms with Crippen LogP contribution in [0.15, 0.2) is 36.5 Å². The minimum atomic E-state index is -1.07. The maximum Gasteiger partial charge on any atom is 0.411 e. The van der Waals surface area contributed by atoms with Crippen molar-refractivity contribution in [3.8, 4) is 5.75 Å². The number of aliphatic carboxylic acids is 1. The van der Waals surface area contributed by atoms with E-state index in [0.29, 0.717) is 5.75 Å². The second-order valence-corrected chi connectivity index (χ2v) is 7.29. The molecule has 1 fully saturated rings. The Morgan fingerprint density at radius 3 is 2.65 bits per heavy atom. The summed E-state index contributed by atoms with van der Waals surface area (Å²) in [6.07, 6.45) is 0.767. The highest BCUT2D eigenvalue weighted by molar-refractivity contribution is 5.85. The SMILES string of the molecule is CC(C)(C)OC(=O)N1C[C@H](Oc2ccnc3ccccc23)C[C@H]1C(=O)O. The van der Waals surface area contributed by atoms with E-state index in [1.54, 1.807) is 33.0 Å². The van der Waals surface area contributed by atoms with Gasteiger partial charge >= 0.3 is 12.1 Å². The number of ether oxygens (including phenoxy) is 2. The quantitative estimate of drug-likeness (QED) is 0.907. The predicted molar refractivity (Wildman–Crippen MR) is 95.1 cm³/mol. The summed E-state index contributed by atoms with van der Waals surface area (Å²) in [5.74, 6) is -0.447. The highest BCUT2D eigenvalue weighted by atomic mass is 16.6. The summed E-state index contributed by atoms with van der Waals surface area (Å²) in [6, 6.07) is 8.33. The van der Waals surface area contributed by atoms with Crippen LogP contribution in [0.5, 0.6) is 5.75 Å². The first-order valence-electron chi connectivity index (χ1n) is 8.47. The van der Waals surface area contributed by atoms with Gasteiger partial charge in [0.05, 0.1) is 12.1 Å². The van der Waals surface area contributed by atoms with Crippen LogP contribution in [0.2, 0.25) is 0 Å². The zero-order valence-electron chi connectivity index (χ0n) is 15.0. The van der Waals surface area contributed by atoms with Gasteiger partial charge in [-0.15, -0.1) is 0 Å². The molecule has 0 unspecified atom stereocenters. The van der Waals surface area contributed by atoms with Gasteiger partial charge in [-0.3, -0.25) is 9.88 Å². The van der Waals surface area contributed by atoms with E-state index in [4.69, 9.17) is 9.47 Å². The fourth-order valence-corrected chi connectivity index (χ4v) is 2.99. The Kier molecular flexibility index (Phi) is 4.71. The zero-order chi connectivity index (χ0) is 18.9. The van der Waals surface area contributed by atoms with E-state index in [2.05, 4.69) is 4.98 Å². The van der Waals surface area contributed by atoms with Crippen LogP contribution in [-0.2, 0) is 9.53 Å². The van der Waals surface area contributed by atoms with Gasteiger partial charge < -0.3 is 14.6 Å². The molecule has 0 bridgehead atoms. The van der Waals surface area contributed by atoms with Gasteiger partial charge in [-0.1, -0.05) is 12.1 Å². The molecule has 1 N–H and O–H groups in total. The molecule has 7 nitrogen and oxygen atoms in total. The topological polar surface area (TPSA) is 89.0 Å². The van der Waals surface area contributed by atoms with Crippen molar-refractivity contribution >= 4 is 23.0 Å². The number of hydrogen-bond donors (Lipinski definition) is 1. The summed E-state index contributed by atoms with van der Waals surface area (Å²) in [5.41, 5.74) is 0.0992. The van der Waals surface area contributed by atoms with Crippen molar-refractivity contribution in [1.29, 1.82) is 0 Å². The average Bonchev–Trinajstić information content (AvgIpc) is 2.98. The molecule has 0 radical (unpaired) electrons. The average molecular weight is 358 g/mol. The molecule has 26 heavy (non-hydrogen) atoms. The summed E-state index contributed by atoms with van der Waals surface area (Å²) in [4.78, 5) is 29.4. The molecule has 0 spiro atoms. The number of benzene rings is 1. The number of carbonyl (C=O) groups is 2. The third kappa shape index (κ3) is 3.87. The zero-order valence-corrected chi connectivity index (χ0v) is 15.0. The molecule has 1 saturated heterocycles. The van der Waals surface area contributed by atoms with Gasteiger partial charge in [-0.2, -0.15) is 0 Å². The Morgan fingerprint density at radius 1 is 1.23 bits per heavy atom. The summed E-state index contributed by atoms with van der Waals surface area (Å²) < 4.78 is 11.4. The summed E-state index contributed by atoms with van der Waals surface area (Å²) in [7, 11) is 0. The third-order valence-corrected chi connectivity index (χ3v) is 4.08. The normalized spacial score (nSPS) is 20.2. The Balaban J connectivity index is 1.79. The lowest BCUT2D eigenvalue weighted by Crippen LogP contribution is -2.43. The molecule has 1 aliphatic heterocycles. The van der Waals surface area contributed by atoms with Crippen molar-refractivity contribution in [2.24, 2.45) is 0 Å². The van der Waals surface area contributed by atoms with Gasteiger partial charge in [0.1, 0.15) is 23.5 Å². The van der Waals surface area contributed by atoms with E-state index in [9.17, 15) is 14.7 Å². The number of carboxylic acids is 1. The second kappa shape index (κ2) is 6.82. The first kappa shape index (κ1) is 18.0. The molecule has 2 aromatic rings. The largest absolute Gasteiger partial charge is 0.488 e. The molecule has 7 heteroatoms. The number of likely N-dealkylation sites (tertiary alicyclic amines) is 1. The first-order valence-corrected chi connectivity index (χ1v) is 8.47. The number of amides is 1. The molecule has 138 valence electrons. The van der Waals surface area contributed by atoms with Crippen molar-refractivity contribution in [2.75, 3.05) is 6.54 Å². The van der Waals surface area contributed by atoms with E-state index >= 15 is 0 Å². The molecular formula is C19H22N2O5. The van der Waals surface area contributed by atoms with Crippen molar-refractivity contribution in [3.05, 3.63) is 36.5 Å². The number of rotatable bonds is 3. The van der Waals surface area contributed by atoms with Gasteiger partial charge in [0.25, 0.3) is 0 Å². The molecule has 1 aromatic carbocycles. The van der Waals surface area contributed by atoms with Crippen LogP contribution in [0.1, 0.15) is 27.2 Å². The number of fused-ring (bicyclic) bond motifs is 1. The predicted octanol–water partition coefficient (Wildman–Crippen LogP) is 3.08. The molecule has 2 atom stereocenters. The van der Waals surface area contributed by atoms with Crippen LogP contribution in [0.3, 0.4) is 0 Å². The molecule has 1 aromatic heterocycles. The number of carbonyl (C=O) groups excluding carboxylic acids is 1. The number of para-hydroxylation sites is 1. The first-order chi connectivity index (χ1) is 12.2. The van der Waals surface area contributed by atoms with Gasteiger partial charge in [0.15, 0.2) is 0 Å². The number of pyridine rings is 1. The standard InChI is InChI=1S/C19H22N2O5/c1-19(2,3)26-18(24)21-11-12(10-15(21)17(22)23)25-16-8-9-20-14-7-5-4-6-13(14)16/h4-9,12,15H,10-11H2,1-3H3,(H,22,23)/t12-,15+/m1/s1. The highest BCUT2D eigenvalue weighted by Gasteiger charge is 2.42. The van der Waals surface area contributed by atoms with Crippen LogP contribution >= 0.6 is 0 Å². The summed E-state index contributed by atoms with van der Waals surface area (Å²) in [6.45, 7) is 5.39. The summed E-state index contributed by atoms with van der Waals surface area (Å²) >= 11 is 0. The Morgan fingerprint density at radius 2 is 1.96 bits per heavy atom. The minimum Gasteiger partial charge on any atom is -0.488 e. The molecule has 0 saturated carbocycles. The van der Waals surface area contributed by atoms with Crippen molar-refractivity contribution in [1.82, 2.24) is 9.88 Å². The lowest BCUT2D eigenvalue weighted by atomic mass is 10.2. The van der Waals surface area contributed by atoms with Crippen LogP contribution in [0, 0.1) is 0 Å². The Hall–Kier alpha value is -2.83. The molecule has 1 aliphatic rings. The van der Waals surface area contributed by atoms with Gasteiger partial charge in [0, 0.05) is 18.0 Å². The number of nitrogens with zero attached hydrogens (tertiary/aromatic N) is 2. The Labute approximate surface area is 151 Å². The van der Waals surface area contributed by atoms with Gasteiger partial charge in [-0.25, -0.2) is 9.59 Å². The van der Waals surface area contributed by atoms with Gasteiger partial charge in [0.2, 0.25) is 0 Å². The van der Waals surface area contributed by atoms with Crippen LogP contribution in [0.4, 0.5) is 4.79 Å². The fraction of sp³-hybridized carbons (Fsp3) is 0.421. The van der Waals surface area contributed by atoms with Crippen molar-refractivity contribution in [3.63, 3.8) is 0 Å². The van der Waals surface area contributed by atoms with Crippen molar-refractivity contribution < 1.29 is 24.2 Å². The van der Waals surface area contributed by atoms with E-state index in [-0.39, 0.29) is 13.0 Å². The minimum absolute atomic E-state index is 0.155. The molecular weight excluding hydrogens is 336 g/mol. The van der Waals surface area contributed by atoms with E-state index in [1.807, 2.05) is 24.3 Å². The third-order valence-electron chi connectivity index (χ3n) is 4.08. The number of carboxylic acid groups (broad SMARTS) is 1. The fourth-order valence-electron chi connectivity index (χ4n) is 2.99. The van der Waals surface area contributed by atoms with Crippen LogP contribution < -0.4 is 4.74 Å². The number of hydrogen-bond acceptors (Lipinski definition) is 5. The summed E-state index contributed by atoms with van der Waals surface area (Å²) in [5, 5.41) is 10.3. The molecule has 1 amide bonds. The second-order valence-electron chi connectivity index (χ2n) is 7.29. The molecule has 2 heterocycles. The molecule has 3 rings (SSSR count). The van der Waals surface area contributed by atoms with Gasteiger partial charge in [-0.05, 0) is 39.0 Å². The maximum atomic E-state index is 12.4. The molecule has 0 aliphatic carbocycles.